The van der Waals surface area contributed by atoms with Crippen LogP contribution in [0.15, 0.2) is 83.9 Å². The first-order chi connectivity index (χ1) is 23.0. The first-order valence-electron chi connectivity index (χ1n) is 16.2. The van der Waals surface area contributed by atoms with Gasteiger partial charge in [-0.05, 0) is 79.8 Å². The standard InChI is InChI=1S/C37H38N6O4/c1-24-8-6-10-26-20-28(22-42-36-33(35(38)39-23-40-36)34(41-42)27-11-7-12-29(44)21-27)43(37(45)32(24)26)30-13-2-3-14-31(30)47-17-5-4-9-25-15-18-46-19-16-25/h2-3,6-8,10-14,20-21,23,25,44H,4-5,9,15-19,22H2,1H3,(H2,38,39,40). The number of para-hydroxylation sites is 2. The Balaban J connectivity index is 1.28. The van der Waals surface area contributed by atoms with E-state index in [0.717, 1.165) is 55.8 Å². The quantitative estimate of drug-likeness (QED) is 0.166. The van der Waals surface area contributed by atoms with Crippen LogP contribution in [0, 0.1) is 12.8 Å². The number of ether oxygens (including phenoxy) is 2. The van der Waals surface area contributed by atoms with Gasteiger partial charge in [0.2, 0.25) is 0 Å². The summed E-state index contributed by atoms with van der Waals surface area (Å²) in [6.45, 7) is 4.46. The number of nitrogens with zero attached hydrogens (tertiary/aromatic N) is 5. The molecule has 3 N–H and O–H groups in total. The molecule has 10 heteroatoms. The highest BCUT2D eigenvalue weighted by Crippen LogP contribution is 2.33. The van der Waals surface area contributed by atoms with E-state index in [1.807, 2.05) is 61.5 Å². The van der Waals surface area contributed by atoms with Crippen molar-refractivity contribution in [2.24, 2.45) is 5.92 Å². The summed E-state index contributed by atoms with van der Waals surface area (Å²) in [5.74, 6) is 1.76. The number of fused-ring (bicyclic) bond motifs is 2. The van der Waals surface area contributed by atoms with Gasteiger partial charge in [0.1, 0.15) is 29.3 Å². The van der Waals surface area contributed by atoms with Gasteiger partial charge in [-0.2, -0.15) is 5.10 Å². The second-order valence-electron chi connectivity index (χ2n) is 12.2. The van der Waals surface area contributed by atoms with Gasteiger partial charge >= 0.3 is 0 Å². The molecular weight excluding hydrogens is 592 g/mol. The molecule has 0 amide bonds. The Morgan fingerprint density at radius 1 is 0.979 bits per heavy atom. The van der Waals surface area contributed by atoms with Gasteiger partial charge in [0, 0.05) is 24.5 Å². The van der Waals surface area contributed by atoms with Gasteiger partial charge in [0.25, 0.3) is 5.56 Å². The normalized spacial score (nSPS) is 13.8. The van der Waals surface area contributed by atoms with E-state index in [1.54, 1.807) is 27.4 Å². The summed E-state index contributed by atoms with van der Waals surface area (Å²) in [4.78, 5) is 23.2. The number of unbranched alkanes of at least 4 members (excludes halogenated alkanes) is 1. The molecule has 0 unspecified atom stereocenters. The Morgan fingerprint density at radius 2 is 1.81 bits per heavy atom. The molecule has 0 saturated carbocycles. The molecule has 0 aliphatic carbocycles. The molecule has 0 atom stereocenters. The summed E-state index contributed by atoms with van der Waals surface area (Å²) in [5.41, 5.74) is 10.2. The first kappa shape index (κ1) is 30.4. The average Bonchev–Trinajstić information content (AvgIpc) is 3.45. The number of anilines is 1. The number of aromatic nitrogens is 5. The van der Waals surface area contributed by atoms with Crippen LogP contribution in [0.5, 0.6) is 11.5 Å². The van der Waals surface area contributed by atoms with Crippen molar-refractivity contribution < 1.29 is 14.6 Å². The SMILES string of the molecule is Cc1cccc2cc(Cn3nc(-c4cccc(O)c4)c4c(N)ncnc43)n(-c3ccccc3OCCCCC3CCOCC3)c(=O)c12. The first-order valence-corrected chi connectivity index (χ1v) is 16.2. The highest BCUT2D eigenvalue weighted by Gasteiger charge is 2.21. The molecule has 7 rings (SSSR count). The summed E-state index contributed by atoms with van der Waals surface area (Å²) >= 11 is 0. The highest BCUT2D eigenvalue weighted by molar-refractivity contribution is 5.98. The predicted molar refractivity (Wildman–Crippen MR) is 183 cm³/mol. The third-order valence-corrected chi connectivity index (χ3v) is 9.03. The molecule has 240 valence electrons. The number of benzene rings is 3. The van der Waals surface area contributed by atoms with E-state index in [-0.39, 0.29) is 23.7 Å². The fourth-order valence-corrected chi connectivity index (χ4v) is 6.64. The maximum atomic E-state index is 14.4. The number of aryl methyl sites for hydroxylation is 1. The second-order valence-corrected chi connectivity index (χ2v) is 12.2. The zero-order chi connectivity index (χ0) is 32.3. The number of nitrogen functional groups attached to an aromatic ring is 1. The lowest BCUT2D eigenvalue weighted by Crippen LogP contribution is -2.25. The lowest BCUT2D eigenvalue weighted by atomic mass is 9.94. The Labute approximate surface area is 272 Å². The minimum Gasteiger partial charge on any atom is -0.508 e. The van der Waals surface area contributed by atoms with E-state index >= 15 is 0 Å². The number of phenols is 1. The molecule has 3 aromatic heterocycles. The average molecular weight is 631 g/mol. The van der Waals surface area contributed by atoms with Crippen molar-refractivity contribution in [3.05, 3.63) is 101 Å². The van der Waals surface area contributed by atoms with Gasteiger partial charge in [-0.15, -0.1) is 0 Å². The van der Waals surface area contributed by atoms with Crippen molar-refractivity contribution in [3.63, 3.8) is 0 Å². The van der Waals surface area contributed by atoms with E-state index in [0.29, 0.717) is 51.4 Å². The number of pyridine rings is 1. The van der Waals surface area contributed by atoms with Crippen LogP contribution in [0.1, 0.15) is 43.4 Å². The van der Waals surface area contributed by atoms with E-state index < -0.39 is 0 Å². The zero-order valence-electron chi connectivity index (χ0n) is 26.4. The highest BCUT2D eigenvalue weighted by atomic mass is 16.5. The summed E-state index contributed by atoms with van der Waals surface area (Å²) in [5, 5.41) is 17.2. The maximum absolute atomic E-state index is 14.4. The molecule has 1 fully saturated rings. The number of hydrogen-bond acceptors (Lipinski definition) is 8. The molecule has 1 aliphatic rings. The van der Waals surface area contributed by atoms with E-state index in [9.17, 15) is 9.90 Å². The predicted octanol–water partition coefficient (Wildman–Crippen LogP) is 6.42. The Morgan fingerprint density at radius 3 is 2.66 bits per heavy atom. The van der Waals surface area contributed by atoms with Gasteiger partial charge in [-0.3, -0.25) is 9.36 Å². The third-order valence-electron chi connectivity index (χ3n) is 9.03. The van der Waals surface area contributed by atoms with Gasteiger partial charge < -0.3 is 20.3 Å². The number of aromatic hydroxyl groups is 1. The van der Waals surface area contributed by atoms with Crippen LogP contribution in [0.4, 0.5) is 5.82 Å². The number of nitrogens with two attached hydrogens (primary N) is 1. The van der Waals surface area contributed by atoms with E-state index in [2.05, 4.69) is 9.97 Å². The Bertz CT molecular complexity index is 2110. The number of rotatable bonds is 10. The summed E-state index contributed by atoms with van der Waals surface area (Å²) in [6, 6.07) is 22.4. The van der Waals surface area contributed by atoms with E-state index in [4.69, 9.17) is 20.3 Å². The van der Waals surface area contributed by atoms with Gasteiger partial charge in [-0.25, -0.2) is 14.6 Å². The maximum Gasteiger partial charge on any atom is 0.263 e. The van der Waals surface area contributed by atoms with E-state index in [1.165, 1.54) is 12.7 Å². The lowest BCUT2D eigenvalue weighted by Gasteiger charge is -2.22. The van der Waals surface area contributed by atoms with Gasteiger partial charge in [0.05, 0.1) is 29.6 Å². The Hall–Kier alpha value is -5.22. The smallest absolute Gasteiger partial charge is 0.263 e. The fraction of sp³-hybridized carbons (Fsp3) is 0.297. The molecule has 6 aromatic rings. The minimum atomic E-state index is -0.134. The molecular formula is C37H38N6O4. The number of phenolic OH excluding ortho intramolecular Hbond substituents is 1. The molecule has 1 aliphatic heterocycles. The molecule has 3 aromatic carbocycles. The van der Waals surface area contributed by atoms with Crippen LogP contribution in [-0.2, 0) is 11.3 Å². The van der Waals surface area contributed by atoms with Crippen molar-refractivity contribution >= 4 is 27.6 Å². The summed E-state index contributed by atoms with van der Waals surface area (Å²) < 4.78 is 15.3. The zero-order valence-corrected chi connectivity index (χ0v) is 26.4. The van der Waals surface area contributed by atoms with Crippen molar-refractivity contribution in [1.29, 1.82) is 0 Å². The molecule has 4 heterocycles. The second kappa shape index (κ2) is 13.3. The Kier molecular flexibility index (Phi) is 8.58. The summed E-state index contributed by atoms with van der Waals surface area (Å²) in [6.07, 6.45) is 6.88. The van der Waals surface area contributed by atoms with Crippen molar-refractivity contribution in [3.8, 4) is 28.4 Å². The molecule has 0 spiro atoms. The van der Waals surface area contributed by atoms with Crippen LogP contribution >= 0.6 is 0 Å². The van der Waals surface area contributed by atoms with Crippen LogP contribution < -0.4 is 16.0 Å². The monoisotopic (exact) mass is 630 g/mol. The minimum absolute atomic E-state index is 0.111. The molecule has 10 nitrogen and oxygen atoms in total. The third kappa shape index (κ3) is 6.16. The van der Waals surface area contributed by atoms with Gasteiger partial charge in [0.15, 0.2) is 5.65 Å². The van der Waals surface area contributed by atoms with Crippen LogP contribution in [0.2, 0.25) is 0 Å². The van der Waals surface area contributed by atoms with Crippen molar-refractivity contribution in [2.45, 2.75) is 45.6 Å². The fourth-order valence-electron chi connectivity index (χ4n) is 6.64. The topological polar surface area (TPSA) is 130 Å². The lowest BCUT2D eigenvalue weighted by molar-refractivity contribution is 0.0628. The molecule has 47 heavy (non-hydrogen) atoms. The van der Waals surface area contributed by atoms with Crippen LogP contribution in [-0.4, -0.2) is 49.2 Å². The van der Waals surface area contributed by atoms with Crippen LogP contribution in [0.3, 0.4) is 0 Å². The van der Waals surface area contributed by atoms with Gasteiger partial charge in [-0.1, -0.05) is 48.9 Å². The molecule has 1 saturated heterocycles. The number of hydrogen-bond donors (Lipinski definition) is 2. The van der Waals surface area contributed by atoms with Crippen molar-refractivity contribution in [1.82, 2.24) is 24.3 Å². The largest absolute Gasteiger partial charge is 0.508 e. The molecule has 0 bridgehead atoms. The molecule has 0 radical (unpaired) electrons. The van der Waals surface area contributed by atoms with Crippen LogP contribution in [0.25, 0.3) is 38.8 Å². The van der Waals surface area contributed by atoms with Crippen molar-refractivity contribution in [2.75, 3.05) is 25.6 Å². The summed E-state index contributed by atoms with van der Waals surface area (Å²) in [7, 11) is 0.